The molecule has 1 fully saturated rings. The van der Waals surface area contributed by atoms with Gasteiger partial charge in [0.1, 0.15) is 5.82 Å². The maximum Gasteiger partial charge on any atom is 0.315 e. The third kappa shape index (κ3) is 4.81. The summed E-state index contributed by atoms with van der Waals surface area (Å²) >= 11 is 1.89. The van der Waals surface area contributed by atoms with E-state index in [2.05, 4.69) is 21.9 Å². The number of hydrogen-bond acceptors (Lipinski definition) is 4. The molecular formula is C15H24N4OS. The minimum absolute atomic E-state index is 0.0983. The fraction of sp³-hybridized carbons (Fsp3) is 0.600. The van der Waals surface area contributed by atoms with Crippen molar-refractivity contribution in [1.29, 1.82) is 0 Å². The Labute approximate surface area is 130 Å². The highest BCUT2D eigenvalue weighted by Gasteiger charge is 2.24. The molecule has 5 nitrogen and oxygen atoms in total. The number of carbonyl (C=O) groups is 1. The van der Waals surface area contributed by atoms with E-state index in [4.69, 9.17) is 0 Å². The van der Waals surface area contributed by atoms with Gasteiger partial charge in [-0.2, -0.15) is 11.8 Å². The third-order valence-corrected chi connectivity index (χ3v) is 4.83. The largest absolute Gasteiger partial charge is 0.363 e. The fourth-order valence-corrected chi connectivity index (χ4v) is 3.30. The van der Waals surface area contributed by atoms with Crippen LogP contribution in [0.25, 0.3) is 0 Å². The van der Waals surface area contributed by atoms with Gasteiger partial charge in [0, 0.05) is 25.4 Å². The lowest BCUT2D eigenvalue weighted by atomic mass is 10.2. The standard InChI is InChI=1S/C15H24N4OS/c1-19(2)14-6-4-5-12(17-14)10-16-15(20)18-11-7-8-13(9-11)21-3/h4-6,11,13H,7-10H2,1-3H3,(H2,16,18,20). The molecule has 0 spiro atoms. The van der Waals surface area contributed by atoms with E-state index < -0.39 is 0 Å². The Kier molecular flexibility index (Phi) is 5.73. The summed E-state index contributed by atoms with van der Waals surface area (Å²) in [4.78, 5) is 18.3. The van der Waals surface area contributed by atoms with Gasteiger partial charge in [-0.1, -0.05) is 6.07 Å². The minimum atomic E-state index is -0.0983. The van der Waals surface area contributed by atoms with Crippen LogP contribution in [0.1, 0.15) is 25.0 Å². The van der Waals surface area contributed by atoms with Crippen LogP contribution >= 0.6 is 11.8 Å². The molecule has 1 aliphatic carbocycles. The van der Waals surface area contributed by atoms with Gasteiger partial charge in [-0.3, -0.25) is 0 Å². The van der Waals surface area contributed by atoms with Crippen LogP contribution in [0.2, 0.25) is 0 Å². The summed E-state index contributed by atoms with van der Waals surface area (Å²) in [6, 6.07) is 6.04. The predicted octanol–water partition coefficient (Wildman–Crippen LogP) is 2.23. The van der Waals surface area contributed by atoms with Crippen LogP contribution in [0.3, 0.4) is 0 Å². The Morgan fingerprint density at radius 2 is 2.24 bits per heavy atom. The van der Waals surface area contributed by atoms with E-state index in [-0.39, 0.29) is 6.03 Å². The van der Waals surface area contributed by atoms with Gasteiger partial charge in [0.15, 0.2) is 0 Å². The summed E-state index contributed by atoms with van der Waals surface area (Å²) in [7, 11) is 3.91. The first kappa shape index (κ1) is 15.9. The lowest BCUT2D eigenvalue weighted by molar-refractivity contribution is 0.236. The van der Waals surface area contributed by atoms with Gasteiger partial charge in [0.05, 0.1) is 12.2 Å². The number of nitrogens with one attached hydrogen (secondary N) is 2. The molecule has 2 amide bonds. The number of pyridine rings is 1. The van der Waals surface area contributed by atoms with Gasteiger partial charge in [-0.25, -0.2) is 9.78 Å². The second-order valence-corrected chi connectivity index (χ2v) is 6.71. The molecule has 2 unspecified atom stereocenters. The fourth-order valence-electron chi connectivity index (χ4n) is 2.51. The van der Waals surface area contributed by atoms with Crippen molar-refractivity contribution in [3.63, 3.8) is 0 Å². The number of rotatable bonds is 5. The van der Waals surface area contributed by atoms with E-state index in [1.165, 1.54) is 6.42 Å². The molecule has 0 aromatic carbocycles. The van der Waals surface area contributed by atoms with Crippen LogP contribution in [0.5, 0.6) is 0 Å². The summed E-state index contributed by atoms with van der Waals surface area (Å²) in [6.07, 6.45) is 5.48. The predicted molar refractivity (Wildman–Crippen MR) is 88.9 cm³/mol. The molecule has 2 rings (SSSR count). The molecule has 0 aliphatic heterocycles. The van der Waals surface area contributed by atoms with Gasteiger partial charge >= 0.3 is 6.03 Å². The zero-order valence-corrected chi connectivity index (χ0v) is 13.7. The van der Waals surface area contributed by atoms with Gasteiger partial charge in [0.25, 0.3) is 0 Å². The van der Waals surface area contributed by atoms with E-state index in [0.717, 1.165) is 24.4 Å². The minimum Gasteiger partial charge on any atom is -0.363 e. The first-order chi connectivity index (χ1) is 10.1. The number of anilines is 1. The number of aromatic nitrogens is 1. The normalized spacial score (nSPS) is 21.1. The molecule has 116 valence electrons. The number of hydrogen-bond donors (Lipinski definition) is 2. The molecule has 1 heterocycles. The average Bonchev–Trinajstić information content (AvgIpc) is 2.93. The van der Waals surface area contributed by atoms with Crippen molar-refractivity contribution in [3.8, 4) is 0 Å². The summed E-state index contributed by atoms with van der Waals surface area (Å²) in [6.45, 7) is 0.451. The van der Waals surface area contributed by atoms with Crippen molar-refractivity contribution in [2.24, 2.45) is 0 Å². The van der Waals surface area contributed by atoms with Crippen LogP contribution in [0, 0.1) is 0 Å². The monoisotopic (exact) mass is 308 g/mol. The maximum atomic E-state index is 11.9. The molecule has 1 aliphatic rings. The highest BCUT2D eigenvalue weighted by atomic mass is 32.2. The van der Waals surface area contributed by atoms with Crippen LogP contribution in [0.4, 0.5) is 10.6 Å². The van der Waals surface area contributed by atoms with E-state index >= 15 is 0 Å². The average molecular weight is 308 g/mol. The van der Waals surface area contributed by atoms with Crippen molar-refractivity contribution in [3.05, 3.63) is 23.9 Å². The molecule has 2 atom stereocenters. The Morgan fingerprint density at radius 3 is 2.90 bits per heavy atom. The second kappa shape index (κ2) is 7.54. The van der Waals surface area contributed by atoms with Crippen molar-refractivity contribution >= 4 is 23.6 Å². The number of amides is 2. The Hall–Kier alpha value is -1.43. The lowest BCUT2D eigenvalue weighted by Crippen LogP contribution is -2.40. The van der Waals surface area contributed by atoms with Crippen LogP contribution in [0.15, 0.2) is 18.2 Å². The SMILES string of the molecule is CSC1CCC(NC(=O)NCc2cccc(N(C)C)n2)C1. The first-order valence-electron chi connectivity index (χ1n) is 7.29. The summed E-state index contributed by atoms with van der Waals surface area (Å²) in [5, 5.41) is 6.62. The molecule has 1 aromatic rings. The van der Waals surface area contributed by atoms with E-state index in [1.54, 1.807) is 0 Å². The van der Waals surface area contributed by atoms with Crippen LogP contribution < -0.4 is 15.5 Å². The zero-order valence-electron chi connectivity index (χ0n) is 12.9. The molecule has 0 saturated heterocycles. The number of urea groups is 1. The molecule has 2 N–H and O–H groups in total. The highest BCUT2D eigenvalue weighted by molar-refractivity contribution is 7.99. The topological polar surface area (TPSA) is 57.3 Å². The van der Waals surface area contributed by atoms with Crippen molar-refractivity contribution in [2.45, 2.75) is 37.1 Å². The lowest BCUT2D eigenvalue weighted by Gasteiger charge is -2.15. The van der Waals surface area contributed by atoms with E-state index in [9.17, 15) is 4.79 Å². The second-order valence-electron chi connectivity index (χ2n) is 5.58. The van der Waals surface area contributed by atoms with E-state index in [1.807, 2.05) is 49.0 Å². The van der Waals surface area contributed by atoms with Crippen molar-refractivity contribution in [2.75, 3.05) is 25.3 Å². The maximum absolute atomic E-state index is 11.9. The van der Waals surface area contributed by atoms with Crippen LogP contribution in [-0.2, 0) is 6.54 Å². The Morgan fingerprint density at radius 1 is 1.43 bits per heavy atom. The summed E-state index contributed by atoms with van der Waals surface area (Å²) in [5.41, 5.74) is 0.866. The smallest absolute Gasteiger partial charge is 0.315 e. The molecule has 21 heavy (non-hydrogen) atoms. The Bertz CT molecular complexity index is 480. The molecule has 0 radical (unpaired) electrons. The molecule has 1 aromatic heterocycles. The quantitative estimate of drug-likeness (QED) is 0.876. The molecule has 1 saturated carbocycles. The number of thioether (sulfide) groups is 1. The molecule has 0 bridgehead atoms. The van der Waals surface area contributed by atoms with Crippen molar-refractivity contribution < 1.29 is 4.79 Å². The van der Waals surface area contributed by atoms with Crippen LogP contribution in [-0.4, -0.2) is 42.7 Å². The molecule has 6 heteroatoms. The summed E-state index contributed by atoms with van der Waals surface area (Å²) < 4.78 is 0. The zero-order chi connectivity index (χ0) is 15.2. The molecular weight excluding hydrogens is 284 g/mol. The van der Waals surface area contributed by atoms with Gasteiger partial charge in [-0.05, 0) is 37.7 Å². The third-order valence-electron chi connectivity index (χ3n) is 3.73. The number of carbonyl (C=O) groups excluding carboxylic acids is 1. The van der Waals surface area contributed by atoms with Gasteiger partial charge in [-0.15, -0.1) is 0 Å². The highest BCUT2D eigenvalue weighted by Crippen LogP contribution is 2.27. The Balaban J connectivity index is 1.77. The van der Waals surface area contributed by atoms with E-state index in [0.29, 0.717) is 17.8 Å². The summed E-state index contributed by atoms with van der Waals surface area (Å²) in [5.74, 6) is 0.897. The first-order valence-corrected chi connectivity index (χ1v) is 8.57. The van der Waals surface area contributed by atoms with Gasteiger partial charge < -0.3 is 15.5 Å². The number of nitrogens with zero attached hydrogens (tertiary/aromatic N) is 2. The van der Waals surface area contributed by atoms with Gasteiger partial charge in [0.2, 0.25) is 0 Å². The van der Waals surface area contributed by atoms with Crippen molar-refractivity contribution in [1.82, 2.24) is 15.6 Å².